The van der Waals surface area contributed by atoms with Gasteiger partial charge >= 0.3 is 6.03 Å². The van der Waals surface area contributed by atoms with Crippen molar-refractivity contribution in [1.29, 1.82) is 0 Å². The first kappa shape index (κ1) is 14.3. The van der Waals surface area contributed by atoms with Gasteiger partial charge in [0.05, 0.1) is 4.90 Å². The lowest BCUT2D eigenvalue weighted by Crippen LogP contribution is -2.49. The fraction of sp³-hybridized carbons (Fsp3) is 0.417. The Morgan fingerprint density at radius 2 is 1.79 bits per heavy atom. The summed E-state index contributed by atoms with van der Waals surface area (Å²) in [4.78, 5) is 12.2. The van der Waals surface area contributed by atoms with Crippen LogP contribution in [-0.2, 0) is 11.0 Å². The number of hydrogen-bond acceptors (Lipinski definition) is 3. The average molecular weight is 302 g/mol. The lowest BCUT2D eigenvalue weighted by Gasteiger charge is -2.26. The first-order valence-corrected chi connectivity index (χ1v) is 7.67. The van der Waals surface area contributed by atoms with Gasteiger partial charge in [0.2, 0.25) is 0 Å². The molecule has 1 atom stereocenters. The highest BCUT2D eigenvalue weighted by atomic mass is 35.5. The van der Waals surface area contributed by atoms with Crippen LogP contribution in [0.25, 0.3) is 0 Å². The lowest BCUT2D eigenvalue weighted by atomic mass is 10.2. The Morgan fingerprint density at radius 1 is 1.16 bits per heavy atom. The maximum absolute atomic E-state index is 11.9. The summed E-state index contributed by atoms with van der Waals surface area (Å²) in [6.07, 6.45) is 3.33. The molecule has 0 saturated carbocycles. The van der Waals surface area contributed by atoms with Crippen LogP contribution in [0, 0.1) is 0 Å². The third kappa shape index (κ3) is 4.49. The molecule has 7 heteroatoms. The number of urea groups is 1. The molecule has 1 heterocycles. The third-order valence-corrected chi connectivity index (χ3v) is 4.15. The molecule has 1 aromatic rings. The summed E-state index contributed by atoms with van der Waals surface area (Å²) in [5.41, 5.74) is 2.70. The van der Waals surface area contributed by atoms with Crippen LogP contribution in [0.2, 0.25) is 5.02 Å². The van der Waals surface area contributed by atoms with Crippen LogP contribution >= 0.6 is 11.6 Å². The van der Waals surface area contributed by atoms with Crippen molar-refractivity contribution in [2.24, 2.45) is 0 Å². The van der Waals surface area contributed by atoms with Crippen molar-refractivity contribution in [1.82, 2.24) is 15.2 Å². The van der Waals surface area contributed by atoms with Gasteiger partial charge in [-0.15, -0.1) is 0 Å². The number of hydrogen-bond donors (Lipinski definition) is 2. The van der Waals surface area contributed by atoms with Gasteiger partial charge in [-0.3, -0.25) is 10.1 Å². The van der Waals surface area contributed by atoms with Gasteiger partial charge < -0.3 is 0 Å². The smallest absolute Gasteiger partial charge is 0.270 e. The normalized spacial score (nSPS) is 17.7. The molecule has 0 spiro atoms. The summed E-state index contributed by atoms with van der Waals surface area (Å²) < 4.78 is 14.3. The maximum atomic E-state index is 11.9. The highest BCUT2D eigenvalue weighted by Gasteiger charge is 2.14. The number of rotatable bonds is 3. The standard InChI is InChI=1S/C12H16ClN3O2S/c13-10-4-6-11(7-5-10)19(18)15-12(17)14-16-8-2-1-3-9-16/h4-7H,1-3,8-9H2,(H2,14,15,17). The van der Waals surface area contributed by atoms with Crippen molar-refractivity contribution in [2.45, 2.75) is 24.2 Å². The minimum absolute atomic E-state index is 0.449. The van der Waals surface area contributed by atoms with Gasteiger partial charge in [0.1, 0.15) is 0 Å². The van der Waals surface area contributed by atoms with Crippen molar-refractivity contribution >= 4 is 28.6 Å². The van der Waals surface area contributed by atoms with Crippen molar-refractivity contribution in [3.63, 3.8) is 0 Å². The van der Waals surface area contributed by atoms with Crippen LogP contribution in [-0.4, -0.2) is 28.3 Å². The monoisotopic (exact) mass is 301 g/mol. The van der Waals surface area contributed by atoms with Gasteiger partial charge in [0, 0.05) is 18.1 Å². The predicted octanol–water partition coefficient (Wildman–Crippen LogP) is 2.06. The van der Waals surface area contributed by atoms with E-state index in [4.69, 9.17) is 11.6 Å². The van der Waals surface area contributed by atoms with E-state index in [9.17, 15) is 9.00 Å². The molecule has 0 radical (unpaired) electrons. The number of halogens is 1. The summed E-state index contributed by atoms with van der Waals surface area (Å²) >= 11 is 5.75. The number of benzene rings is 1. The Balaban J connectivity index is 1.84. The molecule has 0 aromatic heterocycles. The first-order valence-electron chi connectivity index (χ1n) is 6.15. The summed E-state index contributed by atoms with van der Waals surface area (Å²) in [5, 5.41) is 2.41. The van der Waals surface area contributed by atoms with Gasteiger partial charge in [-0.05, 0) is 37.1 Å². The number of carbonyl (C=O) groups excluding carboxylic acids is 1. The molecule has 1 aliphatic rings. The molecule has 1 unspecified atom stereocenters. The first-order chi connectivity index (χ1) is 9.15. The van der Waals surface area contributed by atoms with Crippen molar-refractivity contribution in [2.75, 3.05) is 13.1 Å². The Kier molecular flexibility index (Phi) is 5.18. The van der Waals surface area contributed by atoms with Crippen LogP contribution in [0.5, 0.6) is 0 Å². The SMILES string of the molecule is O=C(NN1CCCCC1)NS(=O)c1ccc(Cl)cc1. The van der Waals surface area contributed by atoms with Crippen molar-refractivity contribution < 1.29 is 9.00 Å². The van der Waals surface area contributed by atoms with Gasteiger partial charge in [-0.1, -0.05) is 18.0 Å². The molecule has 1 saturated heterocycles. The molecule has 0 bridgehead atoms. The Morgan fingerprint density at radius 3 is 2.42 bits per heavy atom. The topological polar surface area (TPSA) is 61.4 Å². The summed E-state index contributed by atoms with van der Waals surface area (Å²) in [6.45, 7) is 1.67. The minimum atomic E-state index is -1.57. The molecule has 0 aliphatic carbocycles. The second-order valence-electron chi connectivity index (χ2n) is 4.31. The predicted molar refractivity (Wildman–Crippen MR) is 75.0 cm³/mol. The van der Waals surface area contributed by atoms with Crippen LogP contribution in [0.15, 0.2) is 29.2 Å². The Hall–Kier alpha value is -1.11. The molecule has 19 heavy (non-hydrogen) atoms. The summed E-state index contributed by atoms with van der Waals surface area (Å²) in [5.74, 6) is 0. The average Bonchev–Trinajstić information content (AvgIpc) is 2.40. The Labute approximate surface area is 119 Å². The molecule has 1 aromatic carbocycles. The highest BCUT2D eigenvalue weighted by Crippen LogP contribution is 2.11. The van der Waals surface area contributed by atoms with Gasteiger partial charge in [-0.25, -0.2) is 14.0 Å². The highest BCUT2D eigenvalue weighted by molar-refractivity contribution is 7.83. The zero-order valence-electron chi connectivity index (χ0n) is 10.4. The van der Waals surface area contributed by atoms with E-state index < -0.39 is 17.0 Å². The van der Waals surface area contributed by atoms with E-state index in [1.807, 2.05) is 5.01 Å². The molecule has 2 N–H and O–H groups in total. The fourth-order valence-corrected chi connectivity index (χ4v) is 2.71. The largest absolute Gasteiger partial charge is 0.341 e. The second kappa shape index (κ2) is 6.88. The number of hydrazine groups is 1. The number of carbonyl (C=O) groups is 1. The number of nitrogens with one attached hydrogen (secondary N) is 2. The number of piperidine rings is 1. The van der Waals surface area contributed by atoms with E-state index in [1.54, 1.807) is 24.3 Å². The summed E-state index contributed by atoms with van der Waals surface area (Å²) in [6, 6.07) is 6.08. The number of amides is 2. The molecule has 104 valence electrons. The van der Waals surface area contributed by atoms with E-state index in [2.05, 4.69) is 10.1 Å². The van der Waals surface area contributed by atoms with Gasteiger partial charge in [0.15, 0.2) is 11.0 Å². The lowest BCUT2D eigenvalue weighted by molar-refractivity contribution is 0.158. The molecule has 1 fully saturated rings. The zero-order valence-corrected chi connectivity index (χ0v) is 12.0. The third-order valence-electron chi connectivity index (χ3n) is 2.83. The van der Waals surface area contributed by atoms with Crippen LogP contribution < -0.4 is 10.1 Å². The van der Waals surface area contributed by atoms with E-state index >= 15 is 0 Å². The van der Waals surface area contributed by atoms with Crippen molar-refractivity contribution in [3.8, 4) is 0 Å². The summed E-state index contributed by atoms with van der Waals surface area (Å²) in [7, 11) is -1.57. The van der Waals surface area contributed by atoms with Gasteiger partial charge in [-0.2, -0.15) is 0 Å². The molecular weight excluding hydrogens is 286 g/mol. The van der Waals surface area contributed by atoms with E-state index in [1.165, 1.54) is 6.42 Å². The second-order valence-corrected chi connectivity index (χ2v) is 5.96. The zero-order chi connectivity index (χ0) is 13.7. The number of nitrogens with zero attached hydrogens (tertiary/aromatic N) is 1. The molecule has 1 aliphatic heterocycles. The molecule has 2 rings (SSSR count). The quantitative estimate of drug-likeness (QED) is 0.898. The van der Waals surface area contributed by atoms with E-state index in [-0.39, 0.29) is 0 Å². The minimum Gasteiger partial charge on any atom is -0.270 e. The van der Waals surface area contributed by atoms with Crippen LogP contribution in [0.3, 0.4) is 0 Å². The van der Waals surface area contributed by atoms with Crippen LogP contribution in [0.4, 0.5) is 4.79 Å². The van der Waals surface area contributed by atoms with Crippen LogP contribution in [0.1, 0.15) is 19.3 Å². The fourth-order valence-electron chi connectivity index (χ4n) is 1.87. The van der Waals surface area contributed by atoms with E-state index in [0.29, 0.717) is 9.92 Å². The van der Waals surface area contributed by atoms with E-state index in [0.717, 1.165) is 25.9 Å². The maximum Gasteiger partial charge on any atom is 0.341 e. The molecular formula is C12H16ClN3O2S. The Bertz CT molecular complexity index is 461. The van der Waals surface area contributed by atoms with Gasteiger partial charge in [0.25, 0.3) is 0 Å². The molecule has 5 nitrogen and oxygen atoms in total. The van der Waals surface area contributed by atoms with Crippen molar-refractivity contribution in [3.05, 3.63) is 29.3 Å². The molecule has 2 amide bonds.